The van der Waals surface area contributed by atoms with Crippen LogP contribution in [-0.4, -0.2) is 50.3 Å². The molecule has 144 valence electrons. The van der Waals surface area contributed by atoms with Crippen molar-refractivity contribution in [3.05, 3.63) is 22.8 Å². The number of methoxy groups -OCH3 is 1. The van der Waals surface area contributed by atoms with Gasteiger partial charge in [-0.15, -0.1) is 0 Å². The van der Waals surface area contributed by atoms with E-state index in [1.165, 1.54) is 7.11 Å². The molecule has 1 saturated heterocycles. The van der Waals surface area contributed by atoms with Crippen LogP contribution in [0.1, 0.15) is 36.5 Å². The van der Waals surface area contributed by atoms with Gasteiger partial charge in [-0.05, 0) is 32.3 Å². The largest absolute Gasteiger partial charge is 0.496 e. The maximum atomic E-state index is 15.2. The lowest BCUT2D eigenvalue weighted by Crippen LogP contribution is -2.59. The van der Waals surface area contributed by atoms with Crippen LogP contribution in [0.15, 0.2) is 11.1 Å². The van der Waals surface area contributed by atoms with Crippen molar-refractivity contribution >= 4 is 12.0 Å². The summed E-state index contributed by atoms with van der Waals surface area (Å²) in [4.78, 5) is 6.18. The molecule has 0 bridgehead atoms. The van der Waals surface area contributed by atoms with Gasteiger partial charge in [0.15, 0.2) is 5.60 Å². The molecule has 5 nitrogen and oxygen atoms in total. The normalized spacial score (nSPS) is 25.0. The van der Waals surface area contributed by atoms with Gasteiger partial charge < -0.3 is 19.5 Å². The van der Waals surface area contributed by atoms with E-state index in [0.29, 0.717) is 37.3 Å². The molecule has 1 aliphatic heterocycles. The molecule has 1 unspecified atom stereocenters. The number of aliphatic imine (C=N–C) groups is 1. The van der Waals surface area contributed by atoms with Crippen molar-refractivity contribution in [2.24, 2.45) is 10.9 Å². The van der Waals surface area contributed by atoms with Crippen LogP contribution in [0.25, 0.3) is 0 Å². The summed E-state index contributed by atoms with van der Waals surface area (Å²) in [5.74, 6) is -3.64. The summed E-state index contributed by atoms with van der Waals surface area (Å²) in [5, 5.41) is 11.1. The van der Waals surface area contributed by atoms with Gasteiger partial charge in [-0.2, -0.15) is 8.78 Å². The highest BCUT2D eigenvalue weighted by atomic mass is 19.3. The highest BCUT2D eigenvalue weighted by Gasteiger charge is 2.71. The fourth-order valence-corrected chi connectivity index (χ4v) is 3.91. The van der Waals surface area contributed by atoms with Gasteiger partial charge in [-0.25, -0.2) is 4.99 Å². The first-order valence-corrected chi connectivity index (χ1v) is 8.93. The van der Waals surface area contributed by atoms with Crippen LogP contribution in [0.5, 0.6) is 5.75 Å². The van der Waals surface area contributed by atoms with E-state index in [4.69, 9.17) is 9.47 Å². The monoisotopic (exact) mass is 368 g/mol. The Balaban J connectivity index is 2.10. The molecule has 0 spiro atoms. The Kier molecular flexibility index (Phi) is 4.96. The number of ether oxygens (including phenoxy) is 2. The van der Waals surface area contributed by atoms with Crippen molar-refractivity contribution in [1.82, 2.24) is 4.90 Å². The van der Waals surface area contributed by atoms with Gasteiger partial charge in [-0.3, -0.25) is 0 Å². The molecule has 0 aromatic heterocycles. The molecule has 7 heteroatoms. The minimum Gasteiger partial charge on any atom is -0.496 e. The SMILES string of the molecule is CCN(C)C=Nc1cc(OC)c2c(c1C)C(F)(F)C2(O)C1CCOCC1. The highest BCUT2D eigenvalue weighted by Crippen LogP contribution is 2.66. The van der Waals surface area contributed by atoms with Crippen LogP contribution < -0.4 is 4.74 Å². The second-order valence-corrected chi connectivity index (χ2v) is 7.02. The standard InChI is InChI=1S/C19H26F2N2O3/c1-5-23(3)11-22-14-10-15(25-4)17-16(12(14)2)19(20,21)18(17,24)13-6-8-26-9-7-13/h10-11,13,24H,5-9H2,1-4H3. The summed E-state index contributed by atoms with van der Waals surface area (Å²) in [6.07, 6.45) is 2.40. The van der Waals surface area contributed by atoms with Crippen molar-refractivity contribution in [3.63, 3.8) is 0 Å². The number of hydrogen-bond donors (Lipinski definition) is 1. The third-order valence-corrected chi connectivity index (χ3v) is 5.62. The Labute approximate surface area is 152 Å². The molecule has 26 heavy (non-hydrogen) atoms. The number of alkyl halides is 2. The molecule has 3 rings (SSSR count). The number of aliphatic hydroxyl groups is 1. The zero-order valence-corrected chi connectivity index (χ0v) is 15.7. The average Bonchev–Trinajstić information content (AvgIpc) is 2.65. The maximum Gasteiger partial charge on any atom is 0.306 e. The first-order valence-electron chi connectivity index (χ1n) is 8.93. The fourth-order valence-electron chi connectivity index (χ4n) is 3.91. The molecule has 1 fully saturated rings. The summed E-state index contributed by atoms with van der Waals surface area (Å²) < 4.78 is 41.0. The lowest BCUT2D eigenvalue weighted by molar-refractivity contribution is -0.262. The van der Waals surface area contributed by atoms with E-state index in [2.05, 4.69) is 4.99 Å². The minimum absolute atomic E-state index is 0.155. The smallest absolute Gasteiger partial charge is 0.306 e. The number of fused-ring (bicyclic) bond motifs is 1. The van der Waals surface area contributed by atoms with E-state index in [1.54, 1.807) is 19.3 Å². The minimum atomic E-state index is -3.34. The highest BCUT2D eigenvalue weighted by molar-refractivity contribution is 5.71. The van der Waals surface area contributed by atoms with E-state index in [-0.39, 0.29) is 16.9 Å². The Morgan fingerprint density at radius 2 is 2.04 bits per heavy atom. The predicted octanol–water partition coefficient (Wildman–Crippen LogP) is 3.33. The topological polar surface area (TPSA) is 54.3 Å². The maximum absolute atomic E-state index is 15.2. The molecule has 1 heterocycles. The molecule has 1 atom stereocenters. The zero-order valence-electron chi connectivity index (χ0n) is 15.7. The average molecular weight is 368 g/mol. The van der Waals surface area contributed by atoms with E-state index < -0.39 is 17.4 Å². The molecule has 0 amide bonds. The number of rotatable bonds is 5. The second kappa shape index (κ2) is 6.78. The fraction of sp³-hybridized carbons (Fsp3) is 0.632. The van der Waals surface area contributed by atoms with Crippen LogP contribution in [0.3, 0.4) is 0 Å². The van der Waals surface area contributed by atoms with E-state index in [0.717, 1.165) is 6.54 Å². The molecular formula is C19H26F2N2O3. The first-order chi connectivity index (χ1) is 12.3. The van der Waals surface area contributed by atoms with Crippen LogP contribution in [0, 0.1) is 12.8 Å². The lowest BCUT2D eigenvalue weighted by Gasteiger charge is -2.53. The third kappa shape index (κ3) is 2.60. The Morgan fingerprint density at radius 3 is 2.62 bits per heavy atom. The predicted molar refractivity (Wildman–Crippen MR) is 95.5 cm³/mol. The molecule has 2 aliphatic rings. The van der Waals surface area contributed by atoms with Crippen LogP contribution in [-0.2, 0) is 16.3 Å². The van der Waals surface area contributed by atoms with Gasteiger partial charge in [0.2, 0.25) is 0 Å². The number of benzene rings is 1. The number of halogens is 2. The van der Waals surface area contributed by atoms with Crippen molar-refractivity contribution in [3.8, 4) is 5.75 Å². The molecule has 1 N–H and O–H groups in total. The summed E-state index contributed by atoms with van der Waals surface area (Å²) >= 11 is 0. The summed E-state index contributed by atoms with van der Waals surface area (Å²) in [6, 6.07) is 1.63. The van der Waals surface area contributed by atoms with Crippen molar-refractivity contribution in [2.45, 2.75) is 38.2 Å². The number of nitrogens with zero attached hydrogens (tertiary/aromatic N) is 2. The number of hydrogen-bond acceptors (Lipinski definition) is 4. The summed E-state index contributed by atoms with van der Waals surface area (Å²) in [7, 11) is 3.28. The van der Waals surface area contributed by atoms with Crippen LogP contribution in [0.4, 0.5) is 14.5 Å². The molecule has 1 aromatic carbocycles. The van der Waals surface area contributed by atoms with Crippen molar-refractivity contribution < 1.29 is 23.4 Å². The zero-order chi connectivity index (χ0) is 19.1. The van der Waals surface area contributed by atoms with Gasteiger partial charge in [0.25, 0.3) is 0 Å². The van der Waals surface area contributed by atoms with E-state index >= 15 is 8.78 Å². The first kappa shape index (κ1) is 19.0. The van der Waals surface area contributed by atoms with E-state index in [1.807, 2.05) is 18.9 Å². The van der Waals surface area contributed by atoms with Crippen LogP contribution >= 0.6 is 0 Å². The van der Waals surface area contributed by atoms with Crippen molar-refractivity contribution in [1.29, 1.82) is 0 Å². The lowest BCUT2D eigenvalue weighted by atomic mass is 9.59. The Hall–Kier alpha value is -1.73. The van der Waals surface area contributed by atoms with Gasteiger partial charge in [0.05, 0.1) is 19.1 Å². The van der Waals surface area contributed by atoms with E-state index in [9.17, 15) is 5.11 Å². The van der Waals surface area contributed by atoms with Gasteiger partial charge in [0.1, 0.15) is 5.75 Å². The van der Waals surface area contributed by atoms with Crippen LogP contribution in [0.2, 0.25) is 0 Å². The molecule has 0 saturated carbocycles. The quantitative estimate of drug-likeness (QED) is 0.640. The molecule has 0 radical (unpaired) electrons. The molecule has 1 aliphatic carbocycles. The van der Waals surface area contributed by atoms with Gasteiger partial charge in [0, 0.05) is 49.9 Å². The summed E-state index contributed by atoms with van der Waals surface area (Å²) in [5.41, 5.74) is -1.36. The molecular weight excluding hydrogens is 342 g/mol. The van der Waals surface area contributed by atoms with Gasteiger partial charge in [-0.1, -0.05) is 0 Å². The van der Waals surface area contributed by atoms with Gasteiger partial charge >= 0.3 is 5.92 Å². The Bertz CT molecular complexity index is 717. The second-order valence-electron chi connectivity index (χ2n) is 7.02. The molecule has 1 aromatic rings. The third-order valence-electron chi connectivity index (χ3n) is 5.62. The summed E-state index contributed by atoms with van der Waals surface area (Å²) in [6.45, 7) is 5.11. The Morgan fingerprint density at radius 1 is 1.38 bits per heavy atom. The van der Waals surface area contributed by atoms with Crippen molar-refractivity contribution in [2.75, 3.05) is 33.9 Å².